The zero-order chi connectivity index (χ0) is 14.9. The van der Waals surface area contributed by atoms with Crippen LogP contribution in [0.3, 0.4) is 0 Å². The van der Waals surface area contributed by atoms with Crippen LogP contribution in [0.4, 0.5) is 5.69 Å². The number of halogens is 1. The molecule has 0 amide bonds. The molecule has 0 aliphatic carbocycles. The molecule has 8 nitrogen and oxygen atoms in total. The van der Waals surface area contributed by atoms with E-state index in [2.05, 4.69) is 35.7 Å². The molecule has 0 bridgehead atoms. The van der Waals surface area contributed by atoms with Crippen molar-refractivity contribution < 1.29 is 17.9 Å². The van der Waals surface area contributed by atoms with Crippen LogP contribution in [0.25, 0.3) is 0 Å². The molecule has 2 heterocycles. The number of carbonyl (C=O) groups excluding carboxylic acids is 1. The van der Waals surface area contributed by atoms with Crippen LogP contribution in [0.2, 0.25) is 0 Å². The predicted molar refractivity (Wildman–Crippen MR) is 75.2 cm³/mol. The number of hydrogen-bond donors (Lipinski definition) is 1. The normalized spacial score (nSPS) is 11.3. The van der Waals surface area contributed by atoms with E-state index in [1.165, 1.54) is 20.2 Å². The van der Waals surface area contributed by atoms with Gasteiger partial charge in [0.1, 0.15) is 4.88 Å². The van der Waals surface area contributed by atoms with Crippen molar-refractivity contribution in [2.24, 2.45) is 7.05 Å². The second kappa shape index (κ2) is 5.50. The van der Waals surface area contributed by atoms with E-state index in [1.807, 2.05) is 0 Å². The average Bonchev–Trinajstić information content (AvgIpc) is 2.95. The predicted octanol–water partition coefficient (Wildman–Crippen LogP) is 1.23. The first kappa shape index (κ1) is 14.9. The van der Waals surface area contributed by atoms with Gasteiger partial charge in [0.15, 0.2) is 4.60 Å². The van der Waals surface area contributed by atoms with Crippen LogP contribution in [0.15, 0.2) is 21.1 Å². The van der Waals surface area contributed by atoms with Gasteiger partial charge in [-0.05, 0) is 27.4 Å². The van der Waals surface area contributed by atoms with E-state index in [-0.39, 0.29) is 20.2 Å². The van der Waals surface area contributed by atoms with Gasteiger partial charge >= 0.3 is 5.97 Å². The van der Waals surface area contributed by atoms with Gasteiger partial charge in [-0.3, -0.25) is 4.72 Å². The number of nitrogens with one attached hydrogen (secondary N) is 1. The molecular formula is C9H9BrN4O4S2. The van der Waals surface area contributed by atoms with E-state index in [0.717, 1.165) is 16.0 Å². The number of methoxy groups -OCH3 is 1. The largest absolute Gasteiger partial charge is 0.465 e. The van der Waals surface area contributed by atoms with Crippen LogP contribution < -0.4 is 4.72 Å². The summed E-state index contributed by atoms with van der Waals surface area (Å²) in [6.07, 6.45) is 0. The van der Waals surface area contributed by atoms with Gasteiger partial charge in [0.25, 0.3) is 10.0 Å². The molecule has 0 saturated carbocycles. The van der Waals surface area contributed by atoms with Gasteiger partial charge in [-0.25, -0.2) is 9.48 Å². The maximum absolute atomic E-state index is 12.3. The number of sulfonamides is 1. The van der Waals surface area contributed by atoms with Crippen molar-refractivity contribution in [3.05, 3.63) is 20.9 Å². The smallest absolute Gasteiger partial charge is 0.350 e. The highest BCUT2D eigenvalue weighted by Gasteiger charge is 2.26. The molecule has 0 aliphatic heterocycles. The van der Waals surface area contributed by atoms with E-state index < -0.39 is 16.0 Å². The summed E-state index contributed by atoms with van der Waals surface area (Å²) in [6.45, 7) is 0. The lowest BCUT2D eigenvalue weighted by atomic mass is 10.4. The minimum atomic E-state index is -3.93. The number of thiophene rings is 1. The van der Waals surface area contributed by atoms with E-state index >= 15 is 0 Å². The van der Waals surface area contributed by atoms with Crippen molar-refractivity contribution in [3.8, 4) is 0 Å². The molecule has 2 aromatic heterocycles. The molecule has 0 atom stereocenters. The lowest BCUT2D eigenvalue weighted by molar-refractivity contribution is 0.0607. The van der Waals surface area contributed by atoms with Crippen molar-refractivity contribution >= 4 is 48.9 Å². The fraction of sp³-hybridized carbons (Fsp3) is 0.222. The van der Waals surface area contributed by atoms with E-state index in [0.29, 0.717) is 0 Å². The number of aryl methyl sites for hydroxylation is 1. The molecule has 0 aromatic carbocycles. The van der Waals surface area contributed by atoms with Crippen LogP contribution in [-0.2, 0) is 21.8 Å². The third-order valence-electron chi connectivity index (χ3n) is 2.27. The molecule has 1 N–H and O–H groups in total. The maximum atomic E-state index is 12.3. The summed E-state index contributed by atoms with van der Waals surface area (Å²) < 4.78 is 32.6. The Hall–Kier alpha value is -1.46. The Balaban J connectivity index is 2.40. The Labute approximate surface area is 126 Å². The van der Waals surface area contributed by atoms with E-state index in [9.17, 15) is 13.2 Å². The molecule has 0 radical (unpaired) electrons. The lowest BCUT2D eigenvalue weighted by Gasteiger charge is -2.08. The number of aromatic nitrogens is 3. The molecule has 11 heteroatoms. The van der Waals surface area contributed by atoms with Gasteiger partial charge in [-0.1, -0.05) is 5.21 Å². The number of ether oxygens (including phenoxy) is 1. The summed E-state index contributed by atoms with van der Waals surface area (Å²) in [5.41, 5.74) is 0.148. The van der Waals surface area contributed by atoms with Crippen molar-refractivity contribution in [1.82, 2.24) is 15.0 Å². The number of nitrogens with zero attached hydrogens (tertiary/aromatic N) is 3. The van der Waals surface area contributed by atoms with Crippen molar-refractivity contribution in [2.75, 3.05) is 11.8 Å². The summed E-state index contributed by atoms with van der Waals surface area (Å²) >= 11 is 4.09. The summed E-state index contributed by atoms with van der Waals surface area (Å²) in [5, 5.41) is 8.65. The molecule has 108 valence electrons. The Morgan fingerprint density at radius 2 is 2.25 bits per heavy atom. The number of carbonyl (C=O) groups is 1. The molecule has 0 unspecified atom stereocenters. The van der Waals surface area contributed by atoms with Gasteiger partial charge in [-0.2, -0.15) is 8.42 Å². The molecule has 0 aliphatic rings. The fourth-order valence-corrected chi connectivity index (χ4v) is 4.44. The van der Waals surface area contributed by atoms with Crippen LogP contribution in [0.5, 0.6) is 0 Å². The Bertz CT molecular complexity index is 732. The van der Waals surface area contributed by atoms with Crippen LogP contribution in [0, 0.1) is 0 Å². The highest BCUT2D eigenvalue weighted by atomic mass is 79.9. The molecule has 2 aromatic rings. The Morgan fingerprint density at radius 3 is 2.80 bits per heavy atom. The van der Waals surface area contributed by atoms with Gasteiger partial charge in [0.05, 0.1) is 12.8 Å². The van der Waals surface area contributed by atoms with Crippen molar-refractivity contribution in [1.29, 1.82) is 0 Å². The molecule has 20 heavy (non-hydrogen) atoms. The highest BCUT2D eigenvalue weighted by Crippen LogP contribution is 2.27. The molecular weight excluding hydrogens is 372 g/mol. The summed E-state index contributed by atoms with van der Waals surface area (Å²) in [6, 6.07) is 1.48. The number of esters is 1. The first-order valence-electron chi connectivity index (χ1n) is 5.10. The van der Waals surface area contributed by atoms with Gasteiger partial charge in [-0.15, -0.1) is 16.4 Å². The summed E-state index contributed by atoms with van der Waals surface area (Å²) in [4.78, 5) is 11.7. The Kier molecular flexibility index (Phi) is 4.11. The van der Waals surface area contributed by atoms with Gasteiger partial charge < -0.3 is 4.74 Å². The third-order valence-corrected chi connectivity index (χ3v) is 5.42. The standard InChI is InChI=1S/C9H9BrN4O4S2/c1-14-8(7(10)11-13-14)20(16,17)12-5-3-4-19-6(5)9(15)18-2/h3-4,12H,1-2H3. The third kappa shape index (κ3) is 2.69. The second-order valence-electron chi connectivity index (χ2n) is 3.57. The number of hydrogen-bond acceptors (Lipinski definition) is 7. The second-order valence-corrected chi connectivity index (χ2v) is 6.83. The fourth-order valence-electron chi connectivity index (χ4n) is 1.44. The van der Waals surface area contributed by atoms with E-state index in [1.54, 1.807) is 5.38 Å². The molecule has 2 rings (SSSR count). The zero-order valence-corrected chi connectivity index (χ0v) is 13.5. The lowest BCUT2D eigenvalue weighted by Crippen LogP contribution is -2.18. The van der Waals surface area contributed by atoms with E-state index in [4.69, 9.17) is 0 Å². The quantitative estimate of drug-likeness (QED) is 0.799. The minimum absolute atomic E-state index is 0.0855. The first-order chi connectivity index (χ1) is 9.36. The van der Waals surface area contributed by atoms with Gasteiger partial charge in [0.2, 0.25) is 5.03 Å². The molecule has 0 fully saturated rings. The molecule has 0 saturated heterocycles. The van der Waals surface area contributed by atoms with Gasteiger partial charge in [0, 0.05) is 7.05 Å². The highest BCUT2D eigenvalue weighted by molar-refractivity contribution is 9.10. The number of rotatable bonds is 4. The van der Waals surface area contributed by atoms with Crippen LogP contribution >= 0.6 is 27.3 Å². The molecule has 0 spiro atoms. The maximum Gasteiger partial charge on any atom is 0.350 e. The zero-order valence-electron chi connectivity index (χ0n) is 10.3. The first-order valence-corrected chi connectivity index (χ1v) is 8.26. The average molecular weight is 381 g/mol. The van der Waals surface area contributed by atoms with Crippen LogP contribution in [0.1, 0.15) is 9.67 Å². The number of anilines is 1. The van der Waals surface area contributed by atoms with Crippen LogP contribution in [-0.4, -0.2) is 36.5 Å². The topological polar surface area (TPSA) is 103 Å². The summed E-state index contributed by atoms with van der Waals surface area (Å²) in [5.74, 6) is -0.611. The Morgan fingerprint density at radius 1 is 1.55 bits per heavy atom. The monoisotopic (exact) mass is 380 g/mol. The minimum Gasteiger partial charge on any atom is -0.465 e. The van der Waals surface area contributed by atoms with Crippen molar-refractivity contribution in [3.63, 3.8) is 0 Å². The SMILES string of the molecule is COC(=O)c1sccc1NS(=O)(=O)c1c(Br)nnn1C. The van der Waals surface area contributed by atoms with Crippen molar-refractivity contribution in [2.45, 2.75) is 5.03 Å². The summed E-state index contributed by atoms with van der Waals surface area (Å²) in [7, 11) is -1.26.